The molecule has 2 saturated heterocycles. The third kappa shape index (κ3) is 12.0. The predicted octanol–water partition coefficient (Wildman–Crippen LogP) is 9.45. The number of carboxylic acids is 1. The van der Waals surface area contributed by atoms with Gasteiger partial charge in [-0.2, -0.15) is 0 Å². The zero-order valence-corrected chi connectivity index (χ0v) is 38.7. The topological polar surface area (TPSA) is 208 Å². The minimum atomic E-state index is -1.11. The van der Waals surface area contributed by atoms with Crippen LogP contribution in [0.25, 0.3) is 21.8 Å². The zero-order chi connectivity index (χ0) is 48.5. The van der Waals surface area contributed by atoms with Gasteiger partial charge in [-0.1, -0.05) is 24.3 Å². The van der Waals surface area contributed by atoms with Gasteiger partial charge in [0.25, 0.3) is 0 Å². The number of benzene rings is 4. The number of hydrogen-bond acceptors (Lipinski definition) is 17. The molecule has 356 valence electrons. The van der Waals surface area contributed by atoms with Gasteiger partial charge in [-0.05, 0) is 93.6 Å². The molecular formula is C52H50N10O8. The van der Waals surface area contributed by atoms with Crippen LogP contribution in [0.2, 0.25) is 0 Å². The zero-order valence-electron chi connectivity index (χ0n) is 38.7. The van der Waals surface area contributed by atoms with Gasteiger partial charge in [0, 0.05) is 73.9 Å². The molecule has 18 heteroatoms. The van der Waals surface area contributed by atoms with Gasteiger partial charge in [0.05, 0.1) is 60.2 Å². The van der Waals surface area contributed by atoms with Crippen molar-refractivity contribution >= 4 is 68.4 Å². The second kappa shape index (κ2) is 21.2. The molecule has 0 amide bonds. The second-order valence-corrected chi connectivity index (χ2v) is 17.1. The van der Waals surface area contributed by atoms with Crippen molar-refractivity contribution in [3.05, 3.63) is 145 Å². The van der Waals surface area contributed by atoms with Gasteiger partial charge in [0.2, 0.25) is 11.9 Å². The molecule has 0 saturated carbocycles. The molecule has 10 rings (SSSR count). The molecule has 6 heterocycles. The Balaban J connectivity index is 0.000000175. The average Bonchev–Trinajstić information content (AvgIpc) is 3.37. The second-order valence-electron chi connectivity index (χ2n) is 17.1. The van der Waals surface area contributed by atoms with Crippen LogP contribution in [0, 0.1) is 0 Å². The number of esters is 1. The molecule has 4 aromatic heterocycles. The Kier molecular flexibility index (Phi) is 14.1. The number of fused-ring (bicyclic) bond motifs is 2. The van der Waals surface area contributed by atoms with E-state index in [1.807, 2.05) is 87.5 Å². The first-order valence-electron chi connectivity index (χ1n) is 22.7. The molecule has 0 radical (unpaired) electrons. The van der Waals surface area contributed by atoms with Crippen molar-refractivity contribution in [1.29, 1.82) is 0 Å². The van der Waals surface area contributed by atoms with Crippen molar-refractivity contribution in [3.8, 4) is 23.0 Å². The largest absolute Gasteiger partial charge is 0.477 e. The van der Waals surface area contributed by atoms with E-state index < -0.39 is 17.5 Å². The molecule has 70 heavy (non-hydrogen) atoms. The van der Waals surface area contributed by atoms with Crippen LogP contribution in [0.1, 0.15) is 41.7 Å². The van der Waals surface area contributed by atoms with E-state index in [4.69, 9.17) is 28.8 Å². The third-order valence-corrected chi connectivity index (χ3v) is 10.9. The number of rotatable bonds is 12. The van der Waals surface area contributed by atoms with Gasteiger partial charge in [0.1, 0.15) is 28.6 Å². The monoisotopic (exact) mass is 942 g/mol. The number of pyridine rings is 2. The standard InChI is InChI=1S/C28H29N5O4.C24H21N5O4/c1-28(2,3)37-26(34)24-17-21(10-11-29-24)36-20-8-9-22-19(16-20)18-30-27(31-22)32-23-6-4-5-7-25(23)33-12-14-35-15-13-33;30-23(31)21-14-18(7-8-25-21)33-17-5-6-19-16(13-17)15-26-24(27-19)28-20-3-1-2-4-22(20)29-9-11-32-12-10-29/h4-11,16-18H,12-15H2,1-3H3,(H,30,31,32);1-8,13-15H,9-12H2,(H,30,31)(H,26,27,28). The minimum Gasteiger partial charge on any atom is -0.477 e. The first kappa shape index (κ1) is 46.6. The first-order chi connectivity index (χ1) is 34.0. The lowest BCUT2D eigenvalue weighted by molar-refractivity contribution is 0.00621. The maximum atomic E-state index is 12.3. The highest BCUT2D eigenvalue weighted by Gasteiger charge is 2.20. The van der Waals surface area contributed by atoms with E-state index >= 15 is 0 Å². The number of morpholine rings is 2. The smallest absolute Gasteiger partial charge is 0.357 e. The maximum Gasteiger partial charge on any atom is 0.357 e. The maximum absolute atomic E-state index is 12.3. The van der Waals surface area contributed by atoms with E-state index in [0.29, 0.717) is 61.3 Å². The quantitative estimate of drug-likeness (QED) is 0.0974. The first-order valence-corrected chi connectivity index (χ1v) is 22.7. The summed E-state index contributed by atoms with van der Waals surface area (Å²) in [5.74, 6) is 1.41. The van der Waals surface area contributed by atoms with Crippen LogP contribution < -0.4 is 29.9 Å². The Morgan fingerprint density at radius 3 is 1.49 bits per heavy atom. The SMILES string of the molecule is CC(C)(C)OC(=O)c1cc(Oc2ccc3nc(Nc4ccccc4N4CCOCC4)ncc3c2)ccn1.O=C(O)c1cc(Oc2ccc3nc(Nc4ccccc4N4CCOCC4)ncc3c2)ccn1. The number of hydrogen-bond donors (Lipinski definition) is 3. The minimum absolute atomic E-state index is 0.0790. The number of carboxylic acid groups (broad SMARTS) is 1. The molecular weight excluding hydrogens is 893 g/mol. The van der Waals surface area contributed by atoms with Crippen LogP contribution >= 0.6 is 0 Å². The fourth-order valence-electron chi connectivity index (χ4n) is 7.61. The molecule has 2 fully saturated rings. The molecule has 8 aromatic rings. The van der Waals surface area contributed by atoms with Crippen LogP contribution in [0.15, 0.2) is 134 Å². The number of nitrogens with one attached hydrogen (secondary N) is 2. The Bertz CT molecular complexity index is 3140. The van der Waals surface area contributed by atoms with Crippen LogP contribution in [-0.2, 0) is 14.2 Å². The molecule has 18 nitrogen and oxygen atoms in total. The summed E-state index contributed by atoms with van der Waals surface area (Å²) in [6.45, 7) is 11.7. The lowest BCUT2D eigenvalue weighted by Crippen LogP contribution is -2.36. The number of carbonyl (C=O) groups is 2. The highest BCUT2D eigenvalue weighted by atomic mass is 16.6. The number of aromatic nitrogens is 6. The van der Waals surface area contributed by atoms with E-state index in [9.17, 15) is 9.59 Å². The van der Waals surface area contributed by atoms with Gasteiger partial charge in [-0.25, -0.2) is 39.5 Å². The van der Waals surface area contributed by atoms with Crippen molar-refractivity contribution in [2.75, 3.05) is 73.0 Å². The number of carbonyl (C=O) groups excluding carboxylic acids is 1. The molecule has 0 atom stereocenters. The third-order valence-electron chi connectivity index (χ3n) is 10.9. The van der Waals surface area contributed by atoms with Crippen molar-refractivity contribution in [1.82, 2.24) is 29.9 Å². The summed E-state index contributed by atoms with van der Waals surface area (Å²) in [5, 5.41) is 17.4. The van der Waals surface area contributed by atoms with Gasteiger partial charge in [0.15, 0.2) is 11.4 Å². The van der Waals surface area contributed by atoms with Crippen molar-refractivity contribution in [2.24, 2.45) is 0 Å². The lowest BCUT2D eigenvalue weighted by atomic mass is 10.2. The summed E-state index contributed by atoms with van der Waals surface area (Å²) < 4.78 is 28.1. The van der Waals surface area contributed by atoms with E-state index in [1.54, 1.807) is 36.7 Å². The van der Waals surface area contributed by atoms with Gasteiger partial charge in [-0.15, -0.1) is 0 Å². The fraction of sp³-hybridized carbons (Fsp3) is 0.231. The van der Waals surface area contributed by atoms with E-state index in [0.717, 1.165) is 70.7 Å². The summed E-state index contributed by atoms with van der Waals surface area (Å²) in [6.07, 6.45) is 6.40. The molecule has 4 aromatic carbocycles. The Morgan fingerprint density at radius 2 is 1.01 bits per heavy atom. The highest BCUT2D eigenvalue weighted by Crippen LogP contribution is 2.32. The molecule has 0 aliphatic carbocycles. The lowest BCUT2D eigenvalue weighted by Gasteiger charge is -2.30. The van der Waals surface area contributed by atoms with Gasteiger partial charge < -0.3 is 49.2 Å². The van der Waals surface area contributed by atoms with E-state index in [-0.39, 0.29) is 11.4 Å². The van der Waals surface area contributed by atoms with Crippen LogP contribution in [0.3, 0.4) is 0 Å². The molecule has 3 N–H and O–H groups in total. The van der Waals surface area contributed by atoms with Gasteiger partial charge >= 0.3 is 11.9 Å². The summed E-state index contributed by atoms with van der Waals surface area (Å²) in [4.78, 5) is 54.2. The number of nitrogens with zero attached hydrogens (tertiary/aromatic N) is 8. The molecule has 0 bridgehead atoms. The molecule has 2 aliphatic heterocycles. The van der Waals surface area contributed by atoms with Crippen LogP contribution in [-0.4, -0.2) is 105 Å². The van der Waals surface area contributed by atoms with Crippen LogP contribution in [0.4, 0.5) is 34.6 Å². The molecule has 0 unspecified atom stereocenters. The van der Waals surface area contributed by atoms with Crippen LogP contribution in [0.5, 0.6) is 23.0 Å². The Hall–Kier alpha value is -8.48. The van der Waals surface area contributed by atoms with E-state index in [1.165, 1.54) is 18.5 Å². The normalized spacial score (nSPS) is 13.8. The Labute approximate surface area is 403 Å². The van der Waals surface area contributed by atoms with Crippen molar-refractivity contribution in [2.45, 2.75) is 26.4 Å². The summed E-state index contributed by atoms with van der Waals surface area (Å²) in [6, 6.07) is 33.4. The highest BCUT2D eigenvalue weighted by molar-refractivity contribution is 5.88. The average molecular weight is 943 g/mol. The molecule has 0 spiro atoms. The summed E-state index contributed by atoms with van der Waals surface area (Å²) >= 11 is 0. The van der Waals surface area contributed by atoms with Crippen molar-refractivity contribution in [3.63, 3.8) is 0 Å². The van der Waals surface area contributed by atoms with Gasteiger partial charge in [-0.3, -0.25) is 0 Å². The van der Waals surface area contributed by atoms with E-state index in [2.05, 4.69) is 62.5 Å². The number of aromatic carboxylic acids is 1. The predicted molar refractivity (Wildman–Crippen MR) is 265 cm³/mol. The number of ether oxygens (including phenoxy) is 5. The fourth-order valence-corrected chi connectivity index (χ4v) is 7.61. The molecule has 2 aliphatic rings. The Morgan fingerprint density at radius 1 is 0.571 bits per heavy atom. The summed E-state index contributed by atoms with van der Waals surface area (Å²) in [7, 11) is 0. The van der Waals surface area contributed by atoms with Crippen molar-refractivity contribution < 1.29 is 38.4 Å². The number of anilines is 6. The summed E-state index contributed by atoms with van der Waals surface area (Å²) in [5.41, 5.74) is 5.10. The number of para-hydroxylation sites is 4.